The Morgan fingerprint density at radius 1 is 1.21 bits per heavy atom. The first-order chi connectivity index (χ1) is 11.4. The van der Waals surface area contributed by atoms with Crippen molar-refractivity contribution >= 4 is 11.6 Å². The number of hydrogen-bond donors (Lipinski definition) is 0. The summed E-state index contributed by atoms with van der Waals surface area (Å²) in [4.78, 5) is 14.5. The van der Waals surface area contributed by atoms with Crippen molar-refractivity contribution in [2.75, 3.05) is 11.5 Å². The molecule has 0 unspecified atom stereocenters. The lowest BCUT2D eigenvalue weighted by molar-refractivity contribution is -0.120. The van der Waals surface area contributed by atoms with Crippen LogP contribution in [-0.4, -0.2) is 18.6 Å². The molecule has 0 radical (unpaired) electrons. The van der Waals surface area contributed by atoms with Crippen molar-refractivity contribution in [1.29, 1.82) is 5.26 Å². The summed E-state index contributed by atoms with van der Waals surface area (Å²) < 4.78 is 5.60. The van der Waals surface area contributed by atoms with Crippen LogP contribution in [-0.2, 0) is 4.79 Å². The van der Waals surface area contributed by atoms with Crippen LogP contribution >= 0.6 is 0 Å². The second kappa shape index (κ2) is 7.65. The molecule has 124 valence electrons. The quantitative estimate of drug-likeness (QED) is 0.836. The van der Waals surface area contributed by atoms with E-state index in [-0.39, 0.29) is 18.6 Å². The summed E-state index contributed by atoms with van der Waals surface area (Å²) in [7, 11) is 0. The van der Waals surface area contributed by atoms with Gasteiger partial charge < -0.3 is 9.64 Å². The van der Waals surface area contributed by atoms with Crippen LogP contribution in [0.25, 0.3) is 0 Å². The molecule has 0 heterocycles. The number of anilines is 1. The number of nitriles is 1. The van der Waals surface area contributed by atoms with Gasteiger partial charge in [0.05, 0.1) is 5.56 Å². The fourth-order valence-corrected chi connectivity index (χ4v) is 2.57. The van der Waals surface area contributed by atoms with E-state index in [1.165, 1.54) is 0 Å². The third-order valence-corrected chi connectivity index (χ3v) is 3.77. The number of amides is 1. The normalized spacial score (nSPS) is 10.3. The molecule has 0 saturated carbocycles. The van der Waals surface area contributed by atoms with Gasteiger partial charge in [0.15, 0.2) is 6.61 Å². The zero-order chi connectivity index (χ0) is 17.7. The molecule has 2 rings (SSSR count). The smallest absolute Gasteiger partial charge is 0.265 e. The Morgan fingerprint density at radius 2 is 1.92 bits per heavy atom. The first-order valence-electron chi connectivity index (χ1n) is 7.95. The second-order valence-electron chi connectivity index (χ2n) is 6.04. The molecular weight excluding hydrogens is 300 g/mol. The largest absolute Gasteiger partial charge is 0.482 e. The number of benzene rings is 2. The van der Waals surface area contributed by atoms with Gasteiger partial charge in [-0.15, -0.1) is 0 Å². The summed E-state index contributed by atoms with van der Waals surface area (Å²) in [5, 5.41) is 9.10. The summed E-state index contributed by atoms with van der Waals surface area (Å²) in [5.74, 6) is 0.296. The molecule has 2 aromatic rings. The molecule has 0 aliphatic rings. The zero-order valence-electron chi connectivity index (χ0n) is 14.5. The highest BCUT2D eigenvalue weighted by atomic mass is 16.5. The van der Waals surface area contributed by atoms with Gasteiger partial charge in [-0.2, -0.15) is 5.26 Å². The Morgan fingerprint density at radius 3 is 2.58 bits per heavy atom. The van der Waals surface area contributed by atoms with E-state index in [2.05, 4.69) is 6.07 Å². The van der Waals surface area contributed by atoms with Crippen molar-refractivity contribution in [3.05, 3.63) is 59.2 Å². The fraction of sp³-hybridized carbons (Fsp3) is 0.300. The first kappa shape index (κ1) is 17.6. The molecule has 0 atom stereocenters. The molecule has 2 aromatic carbocycles. The number of nitrogens with zero attached hydrogens (tertiary/aromatic N) is 2. The molecule has 4 heteroatoms. The van der Waals surface area contributed by atoms with Crippen LogP contribution in [0.4, 0.5) is 5.69 Å². The van der Waals surface area contributed by atoms with Crippen LogP contribution in [0, 0.1) is 25.2 Å². The van der Waals surface area contributed by atoms with E-state index in [1.54, 1.807) is 29.2 Å². The number of rotatable bonds is 5. The van der Waals surface area contributed by atoms with E-state index in [0.29, 0.717) is 11.3 Å². The number of carbonyl (C=O) groups excluding carboxylic acids is 1. The maximum absolute atomic E-state index is 12.7. The van der Waals surface area contributed by atoms with Gasteiger partial charge in [-0.05, 0) is 57.0 Å². The monoisotopic (exact) mass is 322 g/mol. The van der Waals surface area contributed by atoms with Crippen molar-refractivity contribution in [3.63, 3.8) is 0 Å². The van der Waals surface area contributed by atoms with Crippen LogP contribution < -0.4 is 9.64 Å². The predicted octanol–water partition coefficient (Wildman–Crippen LogP) is 4.00. The molecule has 0 bridgehead atoms. The topological polar surface area (TPSA) is 53.3 Å². The molecule has 0 saturated heterocycles. The number of hydrogen-bond acceptors (Lipinski definition) is 3. The van der Waals surface area contributed by atoms with Crippen LogP contribution in [0.2, 0.25) is 0 Å². The molecule has 0 N–H and O–H groups in total. The number of carbonyl (C=O) groups is 1. The molecule has 0 fully saturated rings. The van der Waals surface area contributed by atoms with E-state index in [0.717, 1.165) is 16.8 Å². The van der Waals surface area contributed by atoms with Gasteiger partial charge in [0, 0.05) is 11.7 Å². The predicted molar refractivity (Wildman–Crippen MR) is 95.2 cm³/mol. The van der Waals surface area contributed by atoms with Crippen LogP contribution in [0.5, 0.6) is 5.75 Å². The van der Waals surface area contributed by atoms with Gasteiger partial charge in [-0.3, -0.25) is 4.79 Å². The number of ether oxygens (including phenoxy) is 1. The van der Waals surface area contributed by atoms with E-state index in [1.807, 2.05) is 45.9 Å². The number of para-hydroxylation sites is 1. The molecule has 4 nitrogen and oxygen atoms in total. The molecule has 0 aliphatic heterocycles. The molecule has 0 spiro atoms. The summed E-state index contributed by atoms with van der Waals surface area (Å²) in [6.45, 7) is 7.84. The minimum Gasteiger partial charge on any atom is -0.482 e. The van der Waals surface area contributed by atoms with Gasteiger partial charge in [0.1, 0.15) is 11.8 Å². The first-order valence-corrected chi connectivity index (χ1v) is 7.95. The highest BCUT2D eigenvalue weighted by Gasteiger charge is 2.21. The SMILES string of the molecule is Cc1ccc(C)c(N(C(=O)COc2ccccc2C#N)C(C)C)c1. The Hall–Kier alpha value is -2.80. The summed E-state index contributed by atoms with van der Waals surface area (Å²) in [6, 6.07) is 15.0. The Balaban J connectivity index is 2.21. The standard InChI is InChI=1S/C20H22N2O2/c1-14(2)22(18-11-15(3)9-10-16(18)4)20(23)13-24-19-8-6-5-7-17(19)12-21/h5-11,14H,13H2,1-4H3. The minimum atomic E-state index is -0.133. The summed E-state index contributed by atoms with van der Waals surface area (Å²) in [5.41, 5.74) is 3.46. The number of aryl methyl sites for hydroxylation is 2. The highest BCUT2D eigenvalue weighted by Crippen LogP contribution is 2.24. The van der Waals surface area contributed by atoms with Crippen molar-refractivity contribution in [2.45, 2.75) is 33.7 Å². The third-order valence-electron chi connectivity index (χ3n) is 3.77. The molecule has 1 amide bonds. The summed E-state index contributed by atoms with van der Waals surface area (Å²) >= 11 is 0. The Labute approximate surface area is 143 Å². The van der Waals surface area contributed by atoms with Gasteiger partial charge in [0.25, 0.3) is 5.91 Å². The molecule has 0 aromatic heterocycles. The van der Waals surface area contributed by atoms with Gasteiger partial charge in [0.2, 0.25) is 0 Å². The third kappa shape index (κ3) is 3.94. The maximum atomic E-state index is 12.7. The molecule has 0 aliphatic carbocycles. The van der Waals surface area contributed by atoms with Crippen molar-refractivity contribution in [3.8, 4) is 11.8 Å². The van der Waals surface area contributed by atoms with E-state index in [4.69, 9.17) is 10.00 Å². The van der Waals surface area contributed by atoms with Crippen molar-refractivity contribution in [2.24, 2.45) is 0 Å². The maximum Gasteiger partial charge on any atom is 0.265 e. The highest BCUT2D eigenvalue weighted by molar-refractivity contribution is 5.95. The zero-order valence-corrected chi connectivity index (χ0v) is 14.5. The van der Waals surface area contributed by atoms with Crippen LogP contribution in [0.1, 0.15) is 30.5 Å². The molecular formula is C20H22N2O2. The van der Waals surface area contributed by atoms with Gasteiger partial charge >= 0.3 is 0 Å². The fourth-order valence-electron chi connectivity index (χ4n) is 2.57. The Kier molecular flexibility index (Phi) is 5.59. The lowest BCUT2D eigenvalue weighted by Crippen LogP contribution is -2.40. The minimum absolute atomic E-state index is 0.00723. The van der Waals surface area contributed by atoms with Crippen LogP contribution in [0.15, 0.2) is 42.5 Å². The Bertz CT molecular complexity index is 775. The van der Waals surface area contributed by atoms with Crippen molar-refractivity contribution < 1.29 is 9.53 Å². The summed E-state index contributed by atoms with van der Waals surface area (Å²) in [6.07, 6.45) is 0. The lowest BCUT2D eigenvalue weighted by Gasteiger charge is -2.28. The molecule has 24 heavy (non-hydrogen) atoms. The van der Waals surface area contributed by atoms with E-state index < -0.39 is 0 Å². The average Bonchev–Trinajstić information content (AvgIpc) is 2.56. The second-order valence-corrected chi connectivity index (χ2v) is 6.04. The van der Waals surface area contributed by atoms with E-state index in [9.17, 15) is 4.79 Å². The van der Waals surface area contributed by atoms with E-state index >= 15 is 0 Å². The van der Waals surface area contributed by atoms with Crippen LogP contribution in [0.3, 0.4) is 0 Å². The lowest BCUT2D eigenvalue weighted by atomic mass is 10.1. The average molecular weight is 322 g/mol. The van der Waals surface area contributed by atoms with Crippen molar-refractivity contribution in [1.82, 2.24) is 0 Å². The van der Waals surface area contributed by atoms with Gasteiger partial charge in [-0.1, -0.05) is 24.3 Å². The van der Waals surface area contributed by atoms with Gasteiger partial charge in [-0.25, -0.2) is 0 Å².